The molecule has 2 N–H and O–H groups in total. The normalized spacial score (nSPS) is 12.9. The minimum Gasteiger partial charge on any atom is -0.481 e. The average molecular weight is 224 g/mol. The third-order valence-corrected chi connectivity index (χ3v) is 2.00. The van der Waals surface area contributed by atoms with Crippen molar-refractivity contribution in [2.75, 3.05) is 0 Å². The standard InChI is InChI=1S/C7H12O4.Cu/c1-4(5(8)9)7(2,3)6(10)11;/h4H,1-3H3,(H,8,9)(H,10,11);. The number of carbonyl (C=O) groups is 2. The molecule has 12 heavy (non-hydrogen) atoms. The molecule has 1 unspecified atom stereocenters. The molecule has 5 heteroatoms. The van der Waals surface area contributed by atoms with Crippen molar-refractivity contribution < 1.29 is 36.9 Å². The second kappa shape index (κ2) is 4.48. The first-order valence-corrected chi connectivity index (χ1v) is 3.26. The topological polar surface area (TPSA) is 74.6 Å². The van der Waals surface area contributed by atoms with Crippen molar-refractivity contribution >= 4 is 11.9 Å². The molecule has 0 aliphatic carbocycles. The molecule has 4 nitrogen and oxygen atoms in total. The summed E-state index contributed by atoms with van der Waals surface area (Å²) in [6.07, 6.45) is 0. The van der Waals surface area contributed by atoms with Gasteiger partial charge in [0.2, 0.25) is 0 Å². The van der Waals surface area contributed by atoms with Gasteiger partial charge in [0, 0.05) is 17.1 Å². The molecule has 0 aliphatic rings. The molecule has 1 radical (unpaired) electrons. The van der Waals surface area contributed by atoms with E-state index in [1.54, 1.807) is 0 Å². The van der Waals surface area contributed by atoms with Crippen LogP contribution in [0.15, 0.2) is 0 Å². The van der Waals surface area contributed by atoms with Crippen LogP contribution in [-0.4, -0.2) is 22.2 Å². The molecule has 0 rings (SSSR count). The van der Waals surface area contributed by atoms with E-state index in [9.17, 15) is 9.59 Å². The van der Waals surface area contributed by atoms with Crippen LogP contribution in [0.1, 0.15) is 20.8 Å². The molecule has 0 amide bonds. The van der Waals surface area contributed by atoms with Gasteiger partial charge >= 0.3 is 11.9 Å². The van der Waals surface area contributed by atoms with Gasteiger partial charge in [-0.15, -0.1) is 0 Å². The van der Waals surface area contributed by atoms with Crippen molar-refractivity contribution in [2.45, 2.75) is 20.8 Å². The summed E-state index contributed by atoms with van der Waals surface area (Å²) in [5.41, 5.74) is -1.20. The Kier molecular flexibility index (Phi) is 5.23. The first-order valence-electron chi connectivity index (χ1n) is 3.26. The van der Waals surface area contributed by atoms with Gasteiger partial charge in [-0.3, -0.25) is 9.59 Å². The molecule has 0 aromatic carbocycles. The van der Waals surface area contributed by atoms with Gasteiger partial charge in [-0.25, -0.2) is 0 Å². The van der Waals surface area contributed by atoms with Crippen LogP contribution in [0, 0.1) is 11.3 Å². The first kappa shape index (κ1) is 14.0. The van der Waals surface area contributed by atoms with E-state index in [4.69, 9.17) is 10.2 Å². The summed E-state index contributed by atoms with van der Waals surface area (Å²) in [5, 5.41) is 17.1. The number of aliphatic carboxylic acids is 2. The molecule has 1 atom stereocenters. The molecule has 0 heterocycles. The third-order valence-electron chi connectivity index (χ3n) is 2.00. The molecule has 0 saturated heterocycles. The monoisotopic (exact) mass is 223 g/mol. The summed E-state index contributed by atoms with van der Waals surface area (Å²) < 4.78 is 0. The fraction of sp³-hybridized carbons (Fsp3) is 0.714. The SMILES string of the molecule is CC(C(=O)O)C(C)(C)C(=O)O.[Cu]. The first-order chi connectivity index (χ1) is 4.80. The molecule has 0 aliphatic heterocycles. The predicted molar refractivity (Wildman–Crippen MR) is 38.2 cm³/mol. The van der Waals surface area contributed by atoms with Gasteiger partial charge in [0.15, 0.2) is 0 Å². The van der Waals surface area contributed by atoms with Crippen LogP contribution in [0.2, 0.25) is 0 Å². The second-order valence-corrected chi connectivity index (χ2v) is 3.09. The molecule has 0 aromatic heterocycles. The quantitative estimate of drug-likeness (QED) is 0.695. The summed E-state index contributed by atoms with van der Waals surface area (Å²) in [7, 11) is 0. The van der Waals surface area contributed by atoms with E-state index in [1.165, 1.54) is 20.8 Å². The maximum absolute atomic E-state index is 10.5. The van der Waals surface area contributed by atoms with Crippen LogP contribution >= 0.6 is 0 Å². The average Bonchev–Trinajstić information content (AvgIpc) is 1.85. The van der Waals surface area contributed by atoms with E-state index in [0.717, 1.165) is 0 Å². The fourth-order valence-corrected chi connectivity index (χ4v) is 0.494. The van der Waals surface area contributed by atoms with Gasteiger partial charge in [-0.05, 0) is 13.8 Å². The van der Waals surface area contributed by atoms with E-state index in [0.29, 0.717) is 0 Å². The summed E-state index contributed by atoms with van der Waals surface area (Å²) in [6.45, 7) is 4.18. The van der Waals surface area contributed by atoms with E-state index in [2.05, 4.69) is 0 Å². The van der Waals surface area contributed by atoms with Crippen molar-refractivity contribution in [1.82, 2.24) is 0 Å². The van der Waals surface area contributed by atoms with Crippen LogP contribution in [0.3, 0.4) is 0 Å². The van der Waals surface area contributed by atoms with Crippen molar-refractivity contribution in [3.05, 3.63) is 0 Å². The van der Waals surface area contributed by atoms with Crippen molar-refractivity contribution in [3.63, 3.8) is 0 Å². The van der Waals surface area contributed by atoms with E-state index in [-0.39, 0.29) is 17.1 Å². The van der Waals surface area contributed by atoms with E-state index < -0.39 is 23.3 Å². The van der Waals surface area contributed by atoms with Gasteiger partial charge in [0.25, 0.3) is 0 Å². The molecule has 0 bridgehead atoms. The van der Waals surface area contributed by atoms with Crippen LogP contribution < -0.4 is 0 Å². The molecule has 0 spiro atoms. The molecular formula is C7H12CuO4. The van der Waals surface area contributed by atoms with Crippen LogP contribution in [-0.2, 0) is 26.7 Å². The second-order valence-electron chi connectivity index (χ2n) is 3.09. The van der Waals surface area contributed by atoms with Gasteiger partial charge in [0.05, 0.1) is 11.3 Å². The van der Waals surface area contributed by atoms with Crippen LogP contribution in [0.4, 0.5) is 0 Å². The molecule has 0 aromatic rings. The van der Waals surface area contributed by atoms with Crippen molar-refractivity contribution in [3.8, 4) is 0 Å². The van der Waals surface area contributed by atoms with Crippen LogP contribution in [0.5, 0.6) is 0 Å². The minimum absolute atomic E-state index is 0. The smallest absolute Gasteiger partial charge is 0.309 e. The van der Waals surface area contributed by atoms with E-state index in [1.807, 2.05) is 0 Å². The summed E-state index contributed by atoms with van der Waals surface area (Å²) in [5.74, 6) is -3.05. The number of carboxylic acid groups (broad SMARTS) is 2. The van der Waals surface area contributed by atoms with Gasteiger partial charge in [-0.1, -0.05) is 6.92 Å². The summed E-state index contributed by atoms with van der Waals surface area (Å²) in [6, 6.07) is 0. The fourth-order valence-electron chi connectivity index (χ4n) is 0.494. The Bertz CT molecular complexity index is 188. The Hall–Kier alpha value is -0.541. The zero-order chi connectivity index (χ0) is 9.23. The number of hydrogen-bond acceptors (Lipinski definition) is 2. The van der Waals surface area contributed by atoms with Gasteiger partial charge in [-0.2, -0.15) is 0 Å². The Labute approximate surface area is 81.4 Å². The molecular weight excluding hydrogens is 212 g/mol. The maximum atomic E-state index is 10.5. The Morgan fingerprint density at radius 2 is 1.58 bits per heavy atom. The van der Waals surface area contributed by atoms with Gasteiger partial charge in [0.1, 0.15) is 0 Å². The number of rotatable bonds is 3. The zero-order valence-corrected chi connectivity index (χ0v) is 8.03. The maximum Gasteiger partial charge on any atom is 0.309 e. The predicted octanol–water partition coefficient (Wildman–Crippen LogP) is 0.815. The van der Waals surface area contributed by atoms with Crippen molar-refractivity contribution in [1.29, 1.82) is 0 Å². The molecule has 75 valence electrons. The third kappa shape index (κ3) is 2.83. The van der Waals surface area contributed by atoms with E-state index >= 15 is 0 Å². The largest absolute Gasteiger partial charge is 0.481 e. The zero-order valence-electron chi connectivity index (χ0n) is 7.09. The Balaban J connectivity index is 0. The Morgan fingerprint density at radius 3 is 1.67 bits per heavy atom. The summed E-state index contributed by atoms with van der Waals surface area (Å²) in [4.78, 5) is 20.9. The summed E-state index contributed by atoms with van der Waals surface area (Å²) >= 11 is 0. The van der Waals surface area contributed by atoms with Crippen LogP contribution in [0.25, 0.3) is 0 Å². The molecule has 0 saturated carbocycles. The minimum atomic E-state index is -1.20. The number of carboxylic acids is 2. The van der Waals surface area contributed by atoms with Crippen molar-refractivity contribution in [2.24, 2.45) is 11.3 Å². The Morgan fingerprint density at radius 1 is 1.25 bits per heavy atom. The number of hydrogen-bond donors (Lipinski definition) is 2. The molecule has 0 fully saturated rings. The van der Waals surface area contributed by atoms with Gasteiger partial charge < -0.3 is 10.2 Å².